The number of likely N-dealkylation sites (N-methyl/N-ethyl adjacent to an activating group) is 1. The Morgan fingerprint density at radius 2 is 2.14 bits per heavy atom. The number of rotatable bonds is 5. The average Bonchev–Trinajstić information content (AvgIpc) is 3.37. The van der Waals surface area contributed by atoms with E-state index in [0.29, 0.717) is 13.1 Å². The summed E-state index contributed by atoms with van der Waals surface area (Å²) < 4.78 is 2.11. The minimum atomic E-state index is -0.0913. The van der Waals surface area contributed by atoms with E-state index in [0.717, 1.165) is 60.9 Å². The second-order valence-corrected chi connectivity index (χ2v) is 9.02. The zero-order valence-electron chi connectivity index (χ0n) is 17.0. The van der Waals surface area contributed by atoms with E-state index in [1.54, 1.807) is 0 Å². The Morgan fingerprint density at radius 1 is 1.28 bits per heavy atom. The number of hydrogen-bond acceptors (Lipinski definition) is 6. The molecule has 29 heavy (non-hydrogen) atoms. The third-order valence-corrected chi connectivity index (χ3v) is 6.82. The average molecular weight is 417 g/mol. The van der Waals surface area contributed by atoms with Gasteiger partial charge in [-0.1, -0.05) is 0 Å². The summed E-state index contributed by atoms with van der Waals surface area (Å²) in [7, 11) is 2.01. The van der Waals surface area contributed by atoms with Crippen LogP contribution >= 0.6 is 11.3 Å². The molecular formula is C20H28N6O2S. The highest BCUT2D eigenvalue weighted by molar-refractivity contribution is 7.12. The van der Waals surface area contributed by atoms with E-state index >= 15 is 0 Å². The molecule has 0 saturated carbocycles. The van der Waals surface area contributed by atoms with Gasteiger partial charge in [0, 0.05) is 32.1 Å². The van der Waals surface area contributed by atoms with Gasteiger partial charge in [0.25, 0.3) is 5.91 Å². The molecule has 0 unspecified atom stereocenters. The predicted molar refractivity (Wildman–Crippen MR) is 111 cm³/mol. The van der Waals surface area contributed by atoms with Gasteiger partial charge in [-0.3, -0.25) is 9.59 Å². The molecule has 0 aromatic carbocycles. The van der Waals surface area contributed by atoms with Crippen molar-refractivity contribution in [1.82, 2.24) is 30.3 Å². The van der Waals surface area contributed by atoms with Gasteiger partial charge in [-0.15, -0.1) is 21.5 Å². The lowest BCUT2D eigenvalue weighted by molar-refractivity contribution is -0.125. The zero-order valence-corrected chi connectivity index (χ0v) is 17.8. The van der Waals surface area contributed by atoms with Crippen LogP contribution in [0.3, 0.4) is 0 Å². The topological polar surface area (TPSA) is 92.1 Å². The van der Waals surface area contributed by atoms with Crippen LogP contribution in [0.15, 0.2) is 11.4 Å². The van der Waals surface area contributed by atoms with Crippen LogP contribution in [0.1, 0.15) is 46.1 Å². The summed E-state index contributed by atoms with van der Waals surface area (Å²) in [6.45, 7) is 4.75. The Balaban J connectivity index is 1.31. The summed E-state index contributed by atoms with van der Waals surface area (Å²) in [5.41, 5.74) is 1.01. The number of carbonyl (C=O) groups is 2. The monoisotopic (exact) mass is 416 g/mol. The Kier molecular flexibility index (Phi) is 5.96. The van der Waals surface area contributed by atoms with E-state index in [1.165, 1.54) is 11.3 Å². The van der Waals surface area contributed by atoms with Crippen molar-refractivity contribution in [2.45, 2.75) is 51.7 Å². The maximum Gasteiger partial charge on any atom is 0.261 e. The molecule has 156 valence electrons. The number of nitrogens with zero attached hydrogens (tertiary/aromatic N) is 4. The fourth-order valence-electron chi connectivity index (χ4n) is 4.25. The van der Waals surface area contributed by atoms with Crippen molar-refractivity contribution >= 4 is 23.2 Å². The minimum Gasteiger partial charge on any atom is -0.349 e. The Morgan fingerprint density at radius 3 is 2.93 bits per heavy atom. The number of nitrogens with one attached hydrogen (secondary N) is 2. The molecule has 2 amide bonds. The van der Waals surface area contributed by atoms with E-state index in [1.807, 2.05) is 25.4 Å². The normalized spacial score (nSPS) is 22.1. The maximum absolute atomic E-state index is 12.8. The Labute approximate surface area is 174 Å². The lowest BCUT2D eigenvalue weighted by atomic mass is 10.0. The van der Waals surface area contributed by atoms with Crippen molar-refractivity contribution in [2.75, 3.05) is 20.1 Å². The number of aromatic nitrogens is 3. The molecule has 1 saturated heterocycles. The lowest BCUT2D eigenvalue weighted by Gasteiger charge is -2.21. The van der Waals surface area contributed by atoms with E-state index in [9.17, 15) is 9.59 Å². The SMILES string of the molecule is Cc1ccsc1C(=O)N[C@H]1CC[C@@H](C(=O)NCc2nnc3n2CCC3)CN(C)C1. The van der Waals surface area contributed by atoms with Crippen molar-refractivity contribution in [2.24, 2.45) is 5.92 Å². The third-order valence-electron chi connectivity index (χ3n) is 5.81. The molecule has 0 aliphatic carbocycles. The molecule has 2 aliphatic heterocycles. The van der Waals surface area contributed by atoms with Gasteiger partial charge in [0.2, 0.25) is 5.91 Å². The predicted octanol–water partition coefficient (Wildman–Crippen LogP) is 1.35. The first-order chi connectivity index (χ1) is 14.0. The van der Waals surface area contributed by atoms with Gasteiger partial charge in [-0.05, 0) is 50.2 Å². The molecule has 2 aliphatic rings. The first-order valence-electron chi connectivity index (χ1n) is 10.2. The van der Waals surface area contributed by atoms with Gasteiger partial charge < -0.3 is 20.1 Å². The number of likely N-dealkylation sites (tertiary alicyclic amines) is 1. The highest BCUT2D eigenvalue weighted by Gasteiger charge is 2.28. The first-order valence-corrected chi connectivity index (χ1v) is 11.1. The molecule has 1 fully saturated rings. The van der Waals surface area contributed by atoms with E-state index in [-0.39, 0.29) is 23.8 Å². The number of thiophene rings is 1. The van der Waals surface area contributed by atoms with E-state index < -0.39 is 0 Å². The largest absolute Gasteiger partial charge is 0.349 e. The summed E-state index contributed by atoms with van der Waals surface area (Å²) in [4.78, 5) is 28.2. The molecule has 0 radical (unpaired) electrons. The molecule has 2 aromatic heterocycles. The number of amides is 2. The number of hydrogen-bond donors (Lipinski definition) is 2. The summed E-state index contributed by atoms with van der Waals surface area (Å²) >= 11 is 1.47. The van der Waals surface area contributed by atoms with Crippen molar-refractivity contribution < 1.29 is 9.59 Å². The smallest absolute Gasteiger partial charge is 0.261 e. The molecule has 2 atom stereocenters. The van der Waals surface area contributed by atoms with Crippen LogP contribution in [0.4, 0.5) is 0 Å². The molecule has 4 rings (SSSR count). The van der Waals surface area contributed by atoms with Crippen LogP contribution < -0.4 is 10.6 Å². The van der Waals surface area contributed by atoms with Gasteiger partial charge in [0.15, 0.2) is 5.82 Å². The van der Waals surface area contributed by atoms with E-state index in [2.05, 4.69) is 30.3 Å². The molecule has 0 spiro atoms. The lowest BCUT2D eigenvalue weighted by Crippen LogP contribution is -2.42. The number of fused-ring (bicyclic) bond motifs is 1. The van der Waals surface area contributed by atoms with Crippen LogP contribution in [-0.4, -0.2) is 57.7 Å². The second kappa shape index (κ2) is 8.62. The van der Waals surface area contributed by atoms with Gasteiger partial charge in [-0.2, -0.15) is 0 Å². The van der Waals surface area contributed by atoms with Crippen LogP contribution in [0.2, 0.25) is 0 Å². The zero-order chi connectivity index (χ0) is 20.4. The third kappa shape index (κ3) is 4.51. The minimum absolute atomic E-state index is 0.0144. The number of carbonyl (C=O) groups excluding carboxylic acids is 2. The summed E-state index contributed by atoms with van der Waals surface area (Å²) in [5, 5.41) is 16.5. The fraction of sp³-hybridized carbons (Fsp3) is 0.600. The molecule has 4 heterocycles. The quantitative estimate of drug-likeness (QED) is 0.768. The van der Waals surface area contributed by atoms with Gasteiger partial charge in [0.1, 0.15) is 5.82 Å². The Hall–Kier alpha value is -2.26. The van der Waals surface area contributed by atoms with Crippen molar-refractivity contribution in [3.05, 3.63) is 33.5 Å². The Bertz CT molecular complexity index is 891. The van der Waals surface area contributed by atoms with Gasteiger partial charge >= 0.3 is 0 Å². The van der Waals surface area contributed by atoms with E-state index in [4.69, 9.17) is 0 Å². The summed E-state index contributed by atoms with van der Waals surface area (Å²) in [6.07, 6.45) is 3.60. The van der Waals surface area contributed by atoms with Crippen LogP contribution in [0.5, 0.6) is 0 Å². The molecule has 2 N–H and O–H groups in total. The maximum atomic E-state index is 12.8. The molecule has 0 bridgehead atoms. The fourth-order valence-corrected chi connectivity index (χ4v) is 5.08. The summed E-state index contributed by atoms with van der Waals surface area (Å²) in [5.74, 6) is 1.80. The standard InChI is InChI=1S/C20H28N6O2S/c1-13-7-9-29-18(13)20(28)22-15-6-5-14(11-25(2)12-15)19(27)21-10-17-24-23-16-4-3-8-26(16)17/h7,9,14-15H,3-6,8,10-12H2,1-2H3,(H,21,27)(H,22,28)/t14-,15+/m1/s1. The molecule has 9 heteroatoms. The summed E-state index contributed by atoms with van der Waals surface area (Å²) in [6, 6.07) is 2.01. The molecule has 2 aromatic rings. The molecule has 8 nitrogen and oxygen atoms in total. The van der Waals surface area contributed by atoms with Crippen LogP contribution in [0, 0.1) is 12.8 Å². The highest BCUT2D eigenvalue weighted by Crippen LogP contribution is 2.20. The molecular weight excluding hydrogens is 388 g/mol. The van der Waals surface area contributed by atoms with Gasteiger partial charge in [0.05, 0.1) is 17.3 Å². The second-order valence-electron chi connectivity index (χ2n) is 8.10. The van der Waals surface area contributed by atoms with Crippen LogP contribution in [0.25, 0.3) is 0 Å². The van der Waals surface area contributed by atoms with Crippen molar-refractivity contribution in [3.8, 4) is 0 Å². The van der Waals surface area contributed by atoms with Crippen molar-refractivity contribution in [3.63, 3.8) is 0 Å². The number of aryl methyl sites for hydroxylation is 2. The van der Waals surface area contributed by atoms with Crippen LogP contribution in [-0.2, 0) is 24.3 Å². The van der Waals surface area contributed by atoms with Gasteiger partial charge in [-0.25, -0.2) is 0 Å². The highest BCUT2D eigenvalue weighted by atomic mass is 32.1. The first kappa shape index (κ1) is 20.0. The van der Waals surface area contributed by atoms with Crippen molar-refractivity contribution in [1.29, 1.82) is 0 Å².